The molecule has 6 nitrogen and oxygen atoms in total. The van der Waals surface area contributed by atoms with Crippen molar-refractivity contribution in [2.24, 2.45) is 0 Å². The molecule has 1 aromatic heterocycles. The van der Waals surface area contributed by atoms with Crippen LogP contribution >= 0.6 is 0 Å². The summed E-state index contributed by atoms with van der Waals surface area (Å²) in [5.41, 5.74) is 2.92. The molecule has 6 heteroatoms. The third kappa shape index (κ3) is 4.89. The van der Waals surface area contributed by atoms with E-state index in [0.717, 1.165) is 35.9 Å². The van der Waals surface area contributed by atoms with E-state index in [1.165, 1.54) is 24.8 Å². The lowest BCUT2D eigenvalue weighted by molar-refractivity contribution is -0.935. The molecule has 0 saturated carbocycles. The SMILES string of the molecule is COc1ccc([C@@H](CNC(=O)Cc2c(C)noc2C)[NH+]2CCCCC2)cc1. The first-order chi connectivity index (χ1) is 13.1. The molecule has 0 aliphatic carbocycles. The van der Waals surface area contributed by atoms with E-state index in [-0.39, 0.29) is 11.9 Å². The average Bonchev–Trinajstić information content (AvgIpc) is 3.01. The normalized spacial score (nSPS) is 16.1. The smallest absolute Gasteiger partial charge is 0.224 e. The summed E-state index contributed by atoms with van der Waals surface area (Å²) in [5.74, 6) is 1.59. The second kappa shape index (κ2) is 9.04. The molecule has 1 saturated heterocycles. The summed E-state index contributed by atoms with van der Waals surface area (Å²) in [7, 11) is 1.68. The predicted molar refractivity (Wildman–Crippen MR) is 103 cm³/mol. The molecule has 2 aromatic rings. The van der Waals surface area contributed by atoms with Crippen LogP contribution in [0.25, 0.3) is 0 Å². The summed E-state index contributed by atoms with van der Waals surface area (Å²) in [4.78, 5) is 14.1. The monoisotopic (exact) mass is 372 g/mol. The van der Waals surface area contributed by atoms with E-state index in [0.29, 0.717) is 13.0 Å². The summed E-state index contributed by atoms with van der Waals surface area (Å²) in [6.45, 7) is 6.65. The number of methoxy groups -OCH3 is 1. The lowest BCUT2D eigenvalue weighted by atomic mass is 10.0. The number of nitrogens with zero attached hydrogens (tertiary/aromatic N) is 1. The van der Waals surface area contributed by atoms with E-state index in [4.69, 9.17) is 9.26 Å². The van der Waals surface area contributed by atoms with Crippen LogP contribution in [0.1, 0.15) is 47.9 Å². The second-order valence-electron chi connectivity index (χ2n) is 7.33. The number of carbonyl (C=O) groups excluding carboxylic acids is 1. The Hall–Kier alpha value is -2.34. The predicted octanol–water partition coefficient (Wildman–Crippen LogP) is 1.77. The fourth-order valence-electron chi connectivity index (χ4n) is 3.88. The Morgan fingerprint density at radius 3 is 2.52 bits per heavy atom. The van der Waals surface area contributed by atoms with E-state index in [1.54, 1.807) is 12.0 Å². The first-order valence-corrected chi connectivity index (χ1v) is 9.75. The van der Waals surface area contributed by atoms with Gasteiger partial charge in [-0.15, -0.1) is 0 Å². The van der Waals surface area contributed by atoms with Gasteiger partial charge in [0.15, 0.2) is 0 Å². The van der Waals surface area contributed by atoms with Gasteiger partial charge in [0.25, 0.3) is 0 Å². The first-order valence-electron chi connectivity index (χ1n) is 9.75. The summed E-state index contributed by atoms with van der Waals surface area (Å²) < 4.78 is 10.4. The van der Waals surface area contributed by atoms with Crippen LogP contribution in [0.3, 0.4) is 0 Å². The minimum atomic E-state index is 0.0133. The highest BCUT2D eigenvalue weighted by molar-refractivity contribution is 5.79. The standard InChI is InChI=1S/C21H29N3O3/c1-15-19(16(2)27-23-15)13-21(25)22-14-20(24-11-5-4-6-12-24)17-7-9-18(26-3)10-8-17/h7-10,20H,4-6,11-14H2,1-3H3,(H,22,25)/p+1/t20-/m1/s1. The van der Waals surface area contributed by atoms with Crippen LogP contribution in [-0.4, -0.2) is 37.8 Å². The maximum absolute atomic E-state index is 12.5. The van der Waals surface area contributed by atoms with E-state index >= 15 is 0 Å². The van der Waals surface area contributed by atoms with Crippen molar-refractivity contribution < 1.29 is 19.0 Å². The van der Waals surface area contributed by atoms with Crippen molar-refractivity contribution in [3.63, 3.8) is 0 Å². The summed E-state index contributed by atoms with van der Waals surface area (Å²) in [6, 6.07) is 8.48. The number of nitrogens with one attached hydrogen (secondary N) is 2. The Labute approximate surface area is 160 Å². The zero-order chi connectivity index (χ0) is 19.2. The van der Waals surface area contributed by atoms with Crippen molar-refractivity contribution in [3.05, 3.63) is 46.8 Å². The quantitative estimate of drug-likeness (QED) is 0.777. The number of quaternary nitrogens is 1. The maximum atomic E-state index is 12.5. The van der Waals surface area contributed by atoms with Gasteiger partial charge in [-0.3, -0.25) is 4.79 Å². The summed E-state index contributed by atoms with van der Waals surface area (Å²) >= 11 is 0. The van der Waals surface area contributed by atoms with Crippen molar-refractivity contribution in [2.75, 3.05) is 26.7 Å². The Bertz CT molecular complexity index is 729. The number of hydrogen-bond acceptors (Lipinski definition) is 4. The first kappa shape index (κ1) is 19.4. The van der Waals surface area contributed by atoms with E-state index in [2.05, 4.69) is 22.6 Å². The summed E-state index contributed by atoms with van der Waals surface area (Å²) in [6.07, 6.45) is 4.10. The molecule has 146 valence electrons. The number of piperidine rings is 1. The topological polar surface area (TPSA) is 68.8 Å². The van der Waals surface area contributed by atoms with Crippen LogP contribution in [0.15, 0.2) is 28.8 Å². The molecule has 2 N–H and O–H groups in total. The molecule has 0 bridgehead atoms. The second-order valence-corrected chi connectivity index (χ2v) is 7.33. The zero-order valence-electron chi connectivity index (χ0n) is 16.5. The largest absolute Gasteiger partial charge is 0.497 e. The molecule has 1 atom stereocenters. The molecular weight excluding hydrogens is 342 g/mol. The van der Waals surface area contributed by atoms with E-state index in [1.807, 2.05) is 26.0 Å². The Balaban J connectivity index is 1.67. The Morgan fingerprint density at radius 1 is 1.22 bits per heavy atom. The molecular formula is C21H30N3O3+. The number of aromatic nitrogens is 1. The molecule has 1 fully saturated rings. The Morgan fingerprint density at radius 2 is 1.93 bits per heavy atom. The van der Waals surface area contributed by atoms with Gasteiger partial charge in [-0.05, 0) is 57.4 Å². The lowest BCUT2D eigenvalue weighted by Crippen LogP contribution is -3.13. The van der Waals surface area contributed by atoms with Gasteiger partial charge in [-0.1, -0.05) is 5.16 Å². The van der Waals surface area contributed by atoms with Crippen molar-refractivity contribution in [3.8, 4) is 5.75 Å². The maximum Gasteiger partial charge on any atom is 0.224 e. The molecule has 0 radical (unpaired) electrons. The minimum absolute atomic E-state index is 0.0133. The third-order valence-corrected chi connectivity index (χ3v) is 5.53. The van der Waals surface area contributed by atoms with Gasteiger partial charge in [0.05, 0.1) is 38.9 Å². The molecule has 1 aliphatic heterocycles. The zero-order valence-corrected chi connectivity index (χ0v) is 16.5. The molecule has 0 unspecified atom stereocenters. The molecule has 1 aromatic carbocycles. The van der Waals surface area contributed by atoms with Crippen molar-refractivity contribution in [2.45, 2.75) is 45.6 Å². The molecule has 27 heavy (non-hydrogen) atoms. The number of ether oxygens (including phenoxy) is 1. The van der Waals surface area contributed by atoms with Crippen LogP contribution in [0.4, 0.5) is 0 Å². The van der Waals surface area contributed by atoms with Crippen LogP contribution in [0, 0.1) is 13.8 Å². The van der Waals surface area contributed by atoms with Gasteiger partial charge in [0, 0.05) is 11.1 Å². The van der Waals surface area contributed by atoms with Gasteiger partial charge in [0.2, 0.25) is 5.91 Å². The number of benzene rings is 1. The minimum Gasteiger partial charge on any atom is -0.497 e. The van der Waals surface area contributed by atoms with Crippen LogP contribution in [0.5, 0.6) is 5.75 Å². The number of likely N-dealkylation sites (tertiary alicyclic amines) is 1. The third-order valence-electron chi connectivity index (χ3n) is 5.53. The fraction of sp³-hybridized carbons (Fsp3) is 0.524. The number of rotatable bonds is 7. The molecule has 2 heterocycles. The number of amides is 1. The lowest BCUT2D eigenvalue weighted by Gasteiger charge is -2.32. The van der Waals surface area contributed by atoms with Crippen molar-refractivity contribution in [1.82, 2.24) is 10.5 Å². The van der Waals surface area contributed by atoms with Gasteiger partial charge >= 0.3 is 0 Å². The number of carbonyl (C=O) groups is 1. The van der Waals surface area contributed by atoms with Gasteiger partial charge in [-0.25, -0.2) is 0 Å². The van der Waals surface area contributed by atoms with Gasteiger partial charge in [-0.2, -0.15) is 0 Å². The van der Waals surface area contributed by atoms with Crippen molar-refractivity contribution >= 4 is 5.91 Å². The molecule has 1 aliphatic rings. The highest BCUT2D eigenvalue weighted by Crippen LogP contribution is 2.17. The van der Waals surface area contributed by atoms with E-state index < -0.39 is 0 Å². The molecule has 3 rings (SSSR count). The van der Waals surface area contributed by atoms with Crippen LogP contribution in [0.2, 0.25) is 0 Å². The average molecular weight is 372 g/mol. The van der Waals surface area contributed by atoms with Crippen LogP contribution in [-0.2, 0) is 11.2 Å². The molecule has 0 spiro atoms. The van der Waals surface area contributed by atoms with E-state index in [9.17, 15) is 4.79 Å². The number of aryl methyl sites for hydroxylation is 2. The number of hydrogen-bond donors (Lipinski definition) is 2. The molecule has 1 amide bonds. The van der Waals surface area contributed by atoms with Crippen LogP contribution < -0.4 is 15.0 Å². The fourth-order valence-corrected chi connectivity index (χ4v) is 3.88. The van der Waals surface area contributed by atoms with Gasteiger partial charge < -0.3 is 19.5 Å². The van der Waals surface area contributed by atoms with Crippen molar-refractivity contribution in [1.29, 1.82) is 0 Å². The Kier molecular flexibility index (Phi) is 6.50. The summed E-state index contributed by atoms with van der Waals surface area (Å²) in [5, 5.41) is 7.07. The highest BCUT2D eigenvalue weighted by atomic mass is 16.5. The van der Waals surface area contributed by atoms with Gasteiger partial charge in [0.1, 0.15) is 17.6 Å². The highest BCUT2D eigenvalue weighted by Gasteiger charge is 2.27.